The molecule has 0 saturated carbocycles. The number of hydrogen-bond donors (Lipinski definition) is 1. The highest BCUT2D eigenvalue weighted by molar-refractivity contribution is 5.48. The highest BCUT2D eigenvalue weighted by Gasteiger charge is 2.21. The molecule has 1 heterocycles. The zero-order valence-corrected chi connectivity index (χ0v) is 11.6. The van der Waals surface area contributed by atoms with Crippen molar-refractivity contribution in [1.82, 2.24) is 0 Å². The van der Waals surface area contributed by atoms with Crippen molar-refractivity contribution in [3.05, 3.63) is 29.8 Å². The fraction of sp³-hybridized carbons (Fsp3) is 0.625. The van der Waals surface area contributed by atoms with E-state index in [4.69, 9.17) is 0 Å². The van der Waals surface area contributed by atoms with Crippen LogP contribution < -0.4 is 4.90 Å². The average Bonchev–Trinajstić information content (AvgIpc) is 2.87. The molecule has 2 rings (SSSR count). The van der Waals surface area contributed by atoms with Gasteiger partial charge < -0.3 is 10.0 Å². The van der Waals surface area contributed by atoms with Crippen molar-refractivity contribution in [1.29, 1.82) is 0 Å². The summed E-state index contributed by atoms with van der Waals surface area (Å²) < 4.78 is 0. The second-order valence-electron chi connectivity index (χ2n) is 5.40. The Morgan fingerprint density at radius 3 is 2.61 bits per heavy atom. The van der Waals surface area contributed by atoms with Crippen LogP contribution in [0.1, 0.15) is 51.2 Å². The van der Waals surface area contributed by atoms with E-state index in [1.807, 2.05) is 6.92 Å². The zero-order chi connectivity index (χ0) is 13.0. The molecule has 1 aromatic carbocycles. The lowest BCUT2D eigenvalue weighted by molar-refractivity contribution is 0.173. The maximum atomic E-state index is 9.78. The van der Waals surface area contributed by atoms with Crippen LogP contribution in [0.15, 0.2) is 24.3 Å². The van der Waals surface area contributed by atoms with Crippen LogP contribution in [0.4, 0.5) is 5.69 Å². The number of hydrogen-bond acceptors (Lipinski definition) is 2. The highest BCUT2D eigenvalue weighted by atomic mass is 16.3. The lowest BCUT2D eigenvalue weighted by Gasteiger charge is -2.19. The molecule has 1 aromatic rings. The second-order valence-corrected chi connectivity index (χ2v) is 5.40. The topological polar surface area (TPSA) is 23.5 Å². The van der Waals surface area contributed by atoms with Crippen molar-refractivity contribution in [2.24, 2.45) is 5.92 Å². The minimum atomic E-state index is -0.314. The first-order chi connectivity index (χ1) is 8.74. The van der Waals surface area contributed by atoms with Gasteiger partial charge in [-0.05, 0) is 42.9 Å². The van der Waals surface area contributed by atoms with Crippen LogP contribution in [0, 0.1) is 5.92 Å². The minimum Gasteiger partial charge on any atom is -0.388 e. The molecule has 1 N–H and O–H groups in total. The maximum Gasteiger partial charge on any atom is 0.0787 e. The van der Waals surface area contributed by atoms with E-state index in [0.717, 1.165) is 17.9 Å². The lowest BCUT2D eigenvalue weighted by atomic mass is 10.0. The molecule has 1 saturated heterocycles. The number of nitrogens with zero attached hydrogens (tertiary/aromatic N) is 1. The predicted molar refractivity (Wildman–Crippen MR) is 76.9 cm³/mol. The number of aliphatic hydroxyl groups is 1. The average molecular weight is 247 g/mol. The molecule has 2 unspecified atom stereocenters. The summed E-state index contributed by atoms with van der Waals surface area (Å²) in [6.07, 6.45) is 4.43. The van der Waals surface area contributed by atoms with E-state index in [-0.39, 0.29) is 6.10 Å². The maximum absolute atomic E-state index is 9.78. The SMILES string of the molecule is CCCC1CCN(c2ccc(C(O)CC)cc2)C1. The Morgan fingerprint density at radius 1 is 1.28 bits per heavy atom. The zero-order valence-electron chi connectivity index (χ0n) is 11.6. The van der Waals surface area contributed by atoms with E-state index >= 15 is 0 Å². The Labute approximate surface area is 111 Å². The van der Waals surface area contributed by atoms with Crippen LogP contribution >= 0.6 is 0 Å². The highest BCUT2D eigenvalue weighted by Crippen LogP contribution is 2.27. The predicted octanol–water partition coefficient (Wildman–Crippen LogP) is 3.76. The number of benzene rings is 1. The fourth-order valence-electron chi connectivity index (χ4n) is 2.85. The van der Waals surface area contributed by atoms with Crippen molar-refractivity contribution in [2.75, 3.05) is 18.0 Å². The van der Waals surface area contributed by atoms with Gasteiger partial charge >= 0.3 is 0 Å². The summed E-state index contributed by atoms with van der Waals surface area (Å²) in [5.41, 5.74) is 2.34. The van der Waals surface area contributed by atoms with Crippen molar-refractivity contribution < 1.29 is 5.11 Å². The van der Waals surface area contributed by atoms with E-state index in [9.17, 15) is 5.11 Å². The van der Waals surface area contributed by atoms with Gasteiger partial charge in [0.25, 0.3) is 0 Å². The van der Waals surface area contributed by atoms with Crippen molar-refractivity contribution >= 4 is 5.69 Å². The van der Waals surface area contributed by atoms with Gasteiger partial charge in [0.15, 0.2) is 0 Å². The smallest absolute Gasteiger partial charge is 0.0787 e. The Bertz CT molecular complexity index is 360. The number of anilines is 1. The van der Waals surface area contributed by atoms with Gasteiger partial charge in [-0.2, -0.15) is 0 Å². The molecule has 0 aliphatic carbocycles. The molecule has 1 fully saturated rings. The van der Waals surface area contributed by atoms with Crippen LogP contribution in [0.5, 0.6) is 0 Å². The molecule has 0 radical (unpaired) electrons. The quantitative estimate of drug-likeness (QED) is 0.856. The molecule has 0 amide bonds. The van der Waals surface area contributed by atoms with Crippen molar-refractivity contribution in [3.63, 3.8) is 0 Å². The van der Waals surface area contributed by atoms with Gasteiger partial charge in [-0.15, -0.1) is 0 Å². The van der Waals surface area contributed by atoms with E-state index < -0.39 is 0 Å². The molecule has 18 heavy (non-hydrogen) atoms. The Kier molecular flexibility index (Phi) is 4.65. The summed E-state index contributed by atoms with van der Waals surface area (Å²) in [7, 11) is 0. The van der Waals surface area contributed by atoms with E-state index in [1.165, 1.54) is 38.0 Å². The van der Waals surface area contributed by atoms with Gasteiger partial charge in [0.2, 0.25) is 0 Å². The molecule has 2 atom stereocenters. The van der Waals surface area contributed by atoms with Gasteiger partial charge in [0.1, 0.15) is 0 Å². The molecule has 0 bridgehead atoms. The summed E-state index contributed by atoms with van der Waals surface area (Å²) in [5.74, 6) is 0.871. The van der Waals surface area contributed by atoms with Crippen molar-refractivity contribution in [2.45, 2.75) is 45.6 Å². The first-order valence-corrected chi connectivity index (χ1v) is 7.27. The summed E-state index contributed by atoms with van der Waals surface area (Å²) in [5, 5.41) is 9.78. The standard InChI is InChI=1S/C16H25NO/c1-3-5-13-10-11-17(12-13)15-8-6-14(7-9-15)16(18)4-2/h6-9,13,16,18H,3-5,10-12H2,1-2H3. The van der Waals surface area contributed by atoms with Gasteiger partial charge in [-0.25, -0.2) is 0 Å². The summed E-state index contributed by atoms with van der Waals surface area (Å²) >= 11 is 0. The van der Waals surface area contributed by atoms with Crippen molar-refractivity contribution in [3.8, 4) is 0 Å². The molecular weight excluding hydrogens is 222 g/mol. The normalized spacial score (nSPS) is 21.3. The van der Waals surface area contributed by atoms with Crippen LogP contribution in [0.25, 0.3) is 0 Å². The number of rotatable bonds is 5. The molecule has 2 heteroatoms. The first-order valence-electron chi connectivity index (χ1n) is 7.27. The van der Waals surface area contributed by atoms with Gasteiger partial charge in [-0.1, -0.05) is 32.4 Å². The van der Waals surface area contributed by atoms with Gasteiger partial charge in [-0.3, -0.25) is 0 Å². The van der Waals surface area contributed by atoms with Gasteiger partial charge in [0, 0.05) is 18.8 Å². The van der Waals surface area contributed by atoms with Crippen LogP contribution in [-0.2, 0) is 0 Å². The molecular formula is C16H25NO. The Morgan fingerprint density at radius 2 is 2.00 bits per heavy atom. The second kappa shape index (κ2) is 6.24. The number of aliphatic hydroxyl groups excluding tert-OH is 1. The molecule has 2 nitrogen and oxygen atoms in total. The lowest BCUT2D eigenvalue weighted by Crippen LogP contribution is -2.19. The largest absolute Gasteiger partial charge is 0.388 e. The molecule has 0 spiro atoms. The minimum absolute atomic E-state index is 0.314. The summed E-state index contributed by atoms with van der Waals surface area (Å²) in [4.78, 5) is 2.47. The van der Waals surface area contributed by atoms with Crippen LogP contribution in [-0.4, -0.2) is 18.2 Å². The molecule has 0 aromatic heterocycles. The fourth-order valence-corrected chi connectivity index (χ4v) is 2.85. The van der Waals surface area contributed by atoms with Crippen LogP contribution in [0.3, 0.4) is 0 Å². The van der Waals surface area contributed by atoms with Gasteiger partial charge in [0.05, 0.1) is 6.10 Å². The van der Waals surface area contributed by atoms with E-state index in [2.05, 4.69) is 36.1 Å². The third kappa shape index (κ3) is 3.05. The monoisotopic (exact) mass is 247 g/mol. The first kappa shape index (κ1) is 13.4. The summed E-state index contributed by atoms with van der Waals surface area (Å²) in [6.45, 7) is 6.65. The van der Waals surface area contributed by atoms with Crippen LogP contribution in [0.2, 0.25) is 0 Å². The molecule has 1 aliphatic heterocycles. The third-order valence-electron chi connectivity index (χ3n) is 4.01. The van der Waals surface area contributed by atoms with E-state index in [0.29, 0.717) is 0 Å². The molecule has 1 aliphatic rings. The molecule has 100 valence electrons. The van der Waals surface area contributed by atoms with E-state index in [1.54, 1.807) is 0 Å². The summed E-state index contributed by atoms with van der Waals surface area (Å²) in [6, 6.07) is 8.44. The third-order valence-corrected chi connectivity index (χ3v) is 4.01. The Balaban J connectivity index is 1.98. The Hall–Kier alpha value is -1.02.